The summed E-state index contributed by atoms with van der Waals surface area (Å²) in [5, 5.41) is 7.68. The molecule has 0 radical (unpaired) electrons. The molecule has 0 fully saturated rings. The highest BCUT2D eigenvalue weighted by Gasteiger charge is 2.10. The minimum absolute atomic E-state index is 0. The fourth-order valence-corrected chi connectivity index (χ4v) is 3.06. The maximum atomic E-state index is 6.10. The van der Waals surface area contributed by atoms with E-state index in [9.17, 15) is 0 Å². The summed E-state index contributed by atoms with van der Waals surface area (Å²) >= 11 is 12.2. The van der Waals surface area contributed by atoms with Crippen molar-refractivity contribution in [3.8, 4) is 5.69 Å². The predicted octanol–water partition coefficient (Wildman–Crippen LogP) is 4.00. The molecule has 6 nitrogen and oxygen atoms in total. The third-order valence-corrected chi connectivity index (χ3v) is 4.94. The van der Waals surface area contributed by atoms with Crippen LogP contribution in [0.5, 0.6) is 0 Å². The Labute approximate surface area is 185 Å². The number of rotatable bonds is 5. The number of nitrogens with zero attached hydrogens (tertiary/aromatic N) is 4. The third kappa shape index (κ3) is 5.18. The Morgan fingerprint density at radius 1 is 1.19 bits per heavy atom. The highest BCUT2D eigenvalue weighted by atomic mass is 127. The molecule has 2 aromatic heterocycles. The first-order valence-electron chi connectivity index (χ1n) is 8.10. The van der Waals surface area contributed by atoms with Crippen LogP contribution < -0.4 is 10.6 Å². The Morgan fingerprint density at radius 3 is 2.56 bits per heavy atom. The second-order valence-corrected chi connectivity index (χ2v) is 6.48. The molecule has 0 aliphatic carbocycles. The lowest BCUT2D eigenvalue weighted by Crippen LogP contribution is -2.36. The van der Waals surface area contributed by atoms with Gasteiger partial charge in [-0.05, 0) is 17.7 Å². The first-order chi connectivity index (χ1) is 12.6. The van der Waals surface area contributed by atoms with E-state index in [1.807, 2.05) is 40.6 Å². The average molecular weight is 519 g/mol. The molecule has 3 rings (SSSR count). The first kappa shape index (κ1) is 21.6. The lowest BCUT2D eigenvalue weighted by Gasteiger charge is -2.15. The van der Waals surface area contributed by atoms with Crippen molar-refractivity contribution in [3.63, 3.8) is 0 Å². The number of hydrogen-bond donors (Lipinski definition) is 2. The van der Waals surface area contributed by atoms with E-state index < -0.39 is 0 Å². The van der Waals surface area contributed by atoms with Gasteiger partial charge in [0.25, 0.3) is 0 Å². The fraction of sp³-hybridized carbons (Fsp3) is 0.222. The Hall–Kier alpha value is -1.71. The number of hydrogen-bond acceptors (Lipinski definition) is 2. The van der Waals surface area contributed by atoms with Gasteiger partial charge in [-0.3, -0.25) is 4.99 Å². The van der Waals surface area contributed by atoms with Crippen LogP contribution in [0.2, 0.25) is 10.2 Å². The van der Waals surface area contributed by atoms with Crippen LogP contribution in [0.15, 0.2) is 54.0 Å². The maximum Gasteiger partial charge on any atom is 0.191 e. The lowest BCUT2D eigenvalue weighted by atomic mass is 10.1. The van der Waals surface area contributed by atoms with Gasteiger partial charge in [-0.25, -0.2) is 4.98 Å². The first-order valence-corrected chi connectivity index (χ1v) is 8.86. The molecule has 3 aromatic rings. The molecule has 2 heterocycles. The van der Waals surface area contributed by atoms with Crippen molar-refractivity contribution in [2.24, 2.45) is 12.0 Å². The van der Waals surface area contributed by atoms with Crippen LogP contribution in [0.25, 0.3) is 5.69 Å². The van der Waals surface area contributed by atoms with Crippen LogP contribution in [0.3, 0.4) is 0 Å². The molecule has 0 saturated heterocycles. The zero-order valence-electron chi connectivity index (χ0n) is 15.0. The summed E-state index contributed by atoms with van der Waals surface area (Å²) in [5.41, 5.74) is 3.19. The molecule has 0 amide bonds. The van der Waals surface area contributed by atoms with Crippen LogP contribution in [0.4, 0.5) is 0 Å². The van der Waals surface area contributed by atoms with E-state index in [4.69, 9.17) is 23.2 Å². The maximum absolute atomic E-state index is 6.10. The molecule has 0 bridgehead atoms. The summed E-state index contributed by atoms with van der Waals surface area (Å²) in [6.07, 6.45) is 5.48. The van der Waals surface area contributed by atoms with Crippen LogP contribution >= 0.6 is 47.2 Å². The van der Waals surface area contributed by atoms with Crippen molar-refractivity contribution >= 4 is 53.1 Å². The van der Waals surface area contributed by atoms with Gasteiger partial charge in [0.2, 0.25) is 0 Å². The Morgan fingerprint density at radius 2 is 1.93 bits per heavy atom. The quantitative estimate of drug-likeness (QED) is 0.305. The van der Waals surface area contributed by atoms with Crippen molar-refractivity contribution in [1.29, 1.82) is 0 Å². The molecule has 0 aliphatic rings. The molecular weight excluding hydrogens is 498 g/mol. The molecule has 9 heteroatoms. The number of halogens is 3. The molecule has 0 saturated carbocycles. The van der Waals surface area contributed by atoms with E-state index in [2.05, 4.69) is 32.7 Å². The molecular formula is C18H21Cl2IN6. The second kappa shape index (κ2) is 10.0. The van der Waals surface area contributed by atoms with Crippen LogP contribution in [0.1, 0.15) is 11.3 Å². The zero-order chi connectivity index (χ0) is 18.5. The standard InChI is InChI=1S/C18H20Cl2N6.HI/c1-21-18(24-11-14-9-15(19)17(20)25(14)2)23-10-13-5-3-4-6-16(13)26-8-7-22-12-26;/h3-9,12H,10-11H2,1-2H3,(H2,21,23,24);1H. The molecule has 144 valence electrons. The average Bonchev–Trinajstić information content (AvgIpc) is 3.27. The monoisotopic (exact) mass is 518 g/mol. The van der Waals surface area contributed by atoms with E-state index in [-0.39, 0.29) is 24.0 Å². The summed E-state index contributed by atoms with van der Waals surface area (Å²) < 4.78 is 3.83. The molecule has 0 unspecified atom stereocenters. The van der Waals surface area contributed by atoms with Crippen molar-refractivity contribution in [2.75, 3.05) is 7.05 Å². The highest BCUT2D eigenvalue weighted by Crippen LogP contribution is 2.24. The van der Waals surface area contributed by atoms with Gasteiger partial charge < -0.3 is 19.8 Å². The summed E-state index contributed by atoms with van der Waals surface area (Å²) in [6, 6.07) is 10.0. The highest BCUT2D eigenvalue weighted by molar-refractivity contribution is 14.0. The SMILES string of the molecule is CN=C(NCc1ccccc1-n1ccnc1)NCc1cc(Cl)c(Cl)n1C.I. The van der Waals surface area contributed by atoms with Crippen LogP contribution in [-0.4, -0.2) is 27.1 Å². The Balaban J connectivity index is 0.00000261. The fourth-order valence-electron chi connectivity index (χ4n) is 2.65. The molecule has 0 spiro atoms. The van der Waals surface area contributed by atoms with Gasteiger partial charge >= 0.3 is 0 Å². The normalized spacial score (nSPS) is 11.2. The van der Waals surface area contributed by atoms with Crippen molar-refractivity contribution < 1.29 is 0 Å². The number of nitrogens with one attached hydrogen (secondary N) is 2. The zero-order valence-corrected chi connectivity index (χ0v) is 18.8. The molecule has 0 atom stereocenters. The van der Waals surface area contributed by atoms with Gasteiger partial charge in [0.1, 0.15) is 5.15 Å². The van der Waals surface area contributed by atoms with Gasteiger partial charge in [-0.1, -0.05) is 41.4 Å². The lowest BCUT2D eigenvalue weighted by molar-refractivity contribution is 0.749. The molecule has 0 aliphatic heterocycles. The predicted molar refractivity (Wildman–Crippen MR) is 121 cm³/mol. The minimum atomic E-state index is 0. The number of imidazole rings is 1. The number of para-hydroxylation sites is 1. The Bertz CT molecular complexity index is 905. The summed E-state index contributed by atoms with van der Waals surface area (Å²) in [7, 11) is 3.62. The van der Waals surface area contributed by atoms with E-state index in [1.165, 1.54) is 0 Å². The van der Waals surface area contributed by atoms with E-state index in [0.29, 0.717) is 29.2 Å². The van der Waals surface area contributed by atoms with Gasteiger partial charge in [0.05, 0.1) is 23.6 Å². The topological polar surface area (TPSA) is 59.2 Å². The number of benzene rings is 1. The smallest absolute Gasteiger partial charge is 0.191 e. The van der Waals surface area contributed by atoms with Gasteiger partial charge in [-0.2, -0.15) is 0 Å². The van der Waals surface area contributed by atoms with Crippen molar-refractivity contribution in [2.45, 2.75) is 13.1 Å². The Kier molecular flexibility index (Phi) is 8.00. The number of aromatic nitrogens is 3. The van der Waals surface area contributed by atoms with Crippen molar-refractivity contribution in [1.82, 2.24) is 24.8 Å². The van der Waals surface area contributed by atoms with Gasteiger partial charge in [-0.15, -0.1) is 24.0 Å². The van der Waals surface area contributed by atoms with Crippen LogP contribution in [-0.2, 0) is 20.1 Å². The van der Waals surface area contributed by atoms with Gasteiger partial charge in [0.15, 0.2) is 5.96 Å². The van der Waals surface area contributed by atoms with E-state index in [0.717, 1.165) is 16.9 Å². The van der Waals surface area contributed by atoms with Crippen LogP contribution in [0, 0.1) is 0 Å². The molecule has 1 aromatic carbocycles. The molecule has 2 N–H and O–H groups in total. The summed E-state index contributed by atoms with van der Waals surface area (Å²) in [5.74, 6) is 0.693. The third-order valence-electron chi connectivity index (χ3n) is 4.10. The number of aliphatic imine (C=N–C) groups is 1. The number of guanidine groups is 1. The largest absolute Gasteiger partial charge is 0.352 e. The molecule has 27 heavy (non-hydrogen) atoms. The van der Waals surface area contributed by atoms with E-state index >= 15 is 0 Å². The van der Waals surface area contributed by atoms with E-state index in [1.54, 1.807) is 19.6 Å². The van der Waals surface area contributed by atoms with Crippen molar-refractivity contribution in [3.05, 3.63) is 70.5 Å². The summed E-state index contributed by atoms with van der Waals surface area (Å²) in [4.78, 5) is 8.38. The second-order valence-electron chi connectivity index (χ2n) is 5.71. The minimum Gasteiger partial charge on any atom is -0.352 e. The van der Waals surface area contributed by atoms with Gasteiger partial charge in [0, 0.05) is 38.7 Å². The summed E-state index contributed by atoms with van der Waals surface area (Å²) in [6.45, 7) is 1.19.